The van der Waals surface area contributed by atoms with Crippen molar-refractivity contribution >= 4 is 11.8 Å². The number of benzene rings is 1. The molecule has 1 fully saturated rings. The van der Waals surface area contributed by atoms with Crippen LogP contribution in [0.25, 0.3) is 0 Å². The van der Waals surface area contributed by atoms with Gasteiger partial charge in [-0.05, 0) is 31.4 Å². The molecular formula is C19H25F3N2O2. The average molecular weight is 370 g/mol. The van der Waals surface area contributed by atoms with Crippen LogP contribution in [0.4, 0.5) is 13.2 Å². The maximum Gasteiger partial charge on any atom is 0.417 e. The van der Waals surface area contributed by atoms with E-state index in [2.05, 4.69) is 0 Å². The first kappa shape index (κ1) is 20.3. The molecule has 1 aromatic carbocycles. The largest absolute Gasteiger partial charge is 0.417 e. The molecule has 1 aromatic rings. The van der Waals surface area contributed by atoms with Crippen LogP contribution in [-0.2, 0) is 11.0 Å². The van der Waals surface area contributed by atoms with E-state index in [1.54, 1.807) is 4.90 Å². The fraction of sp³-hybridized carbons (Fsp3) is 0.579. The van der Waals surface area contributed by atoms with Crippen LogP contribution >= 0.6 is 0 Å². The van der Waals surface area contributed by atoms with E-state index in [1.807, 2.05) is 13.8 Å². The Labute approximate surface area is 152 Å². The van der Waals surface area contributed by atoms with Gasteiger partial charge in [-0.1, -0.05) is 26.0 Å². The zero-order valence-corrected chi connectivity index (χ0v) is 15.2. The van der Waals surface area contributed by atoms with E-state index in [1.165, 1.54) is 23.1 Å². The monoisotopic (exact) mass is 370 g/mol. The number of alkyl halides is 3. The van der Waals surface area contributed by atoms with Crippen molar-refractivity contribution in [3.63, 3.8) is 0 Å². The van der Waals surface area contributed by atoms with Gasteiger partial charge in [-0.2, -0.15) is 13.2 Å². The topological polar surface area (TPSA) is 40.6 Å². The maximum absolute atomic E-state index is 13.2. The molecule has 4 nitrogen and oxygen atoms in total. The number of halogens is 3. The molecule has 0 radical (unpaired) electrons. The number of hydrogen-bond acceptors (Lipinski definition) is 2. The van der Waals surface area contributed by atoms with Crippen LogP contribution in [0, 0.1) is 5.92 Å². The van der Waals surface area contributed by atoms with Crippen molar-refractivity contribution in [3.05, 3.63) is 35.4 Å². The van der Waals surface area contributed by atoms with Gasteiger partial charge in [0.05, 0.1) is 11.1 Å². The highest BCUT2D eigenvalue weighted by Gasteiger charge is 2.36. The Morgan fingerprint density at radius 2 is 1.58 bits per heavy atom. The molecule has 1 aliphatic heterocycles. The SMILES string of the molecule is CCC(CC)C(=O)N1CCCN(C(=O)c2ccccc2C(F)(F)F)CC1. The molecule has 0 atom stereocenters. The summed E-state index contributed by atoms with van der Waals surface area (Å²) in [5.74, 6) is -0.599. The zero-order chi connectivity index (χ0) is 19.3. The second kappa shape index (κ2) is 8.56. The van der Waals surface area contributed by atoms with Crippen molar-refractivity contribution in [2.45, 2.75) is 39.3 Å². The lowest BCUT2D eigenvalue weighted by molar-refractivity contribution is -0.138. The van der Waals surface area contributed by atoms with Crippen molar-refractivity contribution in [3.8, 4) is 0 Å². The summed E-state index contributed by atoms with van der Waals surface area (Å²) >= 11 is 0. The van der Waals surface area contributed by atoms with Gasteiger partial charge in [0.15, 0.2) is 0 Å². The minimum atomic E-state index is -4.57. The van der Waals surface area contributed by atoms with Crippen molar-refractivity contribution in [1.29, 1.82) is 0 Å². The van der Waals surface area contributed by atoms with E-state index < -0.39 is 17.6 Å². The van der Waals surface area contributed by atoms with Crippen LogP contribution in [0.1, 0.15) is 49.0 Å². The number of nitrogens with zero attached hydrogens (tertiary/aromatic N) is 2. The third-order valence-electron chi connectivity index (χ3n) is 4.89. The van der Waals surface area contributed by atoms with Crippen molar-refractivity contribution in [2.75, 3.05) is 26.2 Å². The number of hydrogen-bond donors (Lipinski definition) is 0. The predicted molar refractivity (Wildman–Crippen MR) is 92.6 cm³/mol. The van der Waals surface area contributed by atoms with Crippen LogP contribution in [-0.4, -0.2) is 47.8 Å². The highest BCUT2D eigenvalue weighted by atomic mass is 19.4. The molecule has 2 amide bonds. The summed E-state index contributed by atoms with van der Waals surface area (Å²) < 4.78 is 39.5. The van der Waals surface area contributed by atoms with Gasteiger partial charge in [0.1, 0.15) is 0 Å². The summed E-state index contributed by atoms with van der Waals surface area (Å²) in [5.41, 5.74) is -1.25. The molecule has 26 heavy (non-hydrogen) atoms. The van der Waals surface area contributed by atoms with Crippen LogP contribution in [0.5, 0.6) is 0 Å². The molecule has 0 unspecified atom stereocenters. The highest BCUT2D eigenvalue weighted by molar-refractivity contribution is 5.96. The van der Waals surface area contributed by atoms with Crippen LogP contribution in [0.2, 0.25) is 0 Å². The molecular weight excluding hydrogens is 345 g/mol. The first-order chi connectivity index (χ1) is 12.3. The highest BCUT2D eigenvalue weighted by Crippen LogP contribution is 2.32. The minimum absolute atomic E-state index is 0.0387. The Balaban J connectivity index is 2.13. The van der Waals surface area contributed by atoms with Crippen molar-refractivity contribution in [2.24, 2.45) is 5.92 Å². The quantitative estimate of drug-likeness (QED) is 0.809. The van der Waals surface area contributed by atoms with E-state index in [0.29, 0.717) is 26.1 Å². The lowest BCUT2D eigenvalue weighted by Crippen LogP contribution is -2.40. The van der Waals surface area contributed by atoms with Gasteiger partial charge in [-0.15, -0.1) is 0 Å². The molecule has 0 aromatic heterocycles. The van der Waals surface area contributed by atoms with Crippen LogP contribution in [0.3, 0.4) is 0 Å². The summed E-state index contributed by atoms with van der Waals surface area (Å²) in [7, 11) is 0. The summed E-state index contributed by atoms with van der Waals surface area (Å²) in [4.78, 5) is 28.3. The lowest BCUT2D eigenvalue weighted by Gasteiger charge is -2.25. The second-order valence-electron chi connectivity index (χ2n) is 6.53. The van der Waals surface area contributed by atoms with Gasteiger partial charge in [-0.25, -0.2) is 0 Å². The molecule has 1 aliphatic rings. The first-order valence-electron chi connectivity index (χ1n) is 9.03. The first-order valence-corrected chi connectivity index (χ1v) is 9.03. The van der Waals surface area contributed by atoms with Gasteiger partial charge in [0, 0.05) is 32.1 Å². The van der Waals surface area contributed by atoms with Crippen molar-refractivity contribution < 1.29 is 22.8 Å². The summed E-state index contributed by atoms with van der Waals surface area (Å²) in [6, 6.07) is 4.85. The summed E-state index contributed by atoms with van der Waals surface area (Å²) in [6.45, 7) is 5.41. The van der Waals surface area contributed by atoms with Gasteiger partial charge >= 0.3 is 6.18 Å². The maximum atomic E-state index is 13.2. The van der Waals surface area contributed by atoms with Gasteiger partial charge in [0.2, 0.25) is 5.91 Å². The van der Waals surface area contributed by atoms with E-state index in [9.17, 15) is 22.8 Å². The van der Waals surface area contributed by atoms with Crippen LogP contribution in [0.15, 0.2) is 24.3 Å². The van der Waals surface area contributed by atoms with Crippen molar-refractivity contribution in [1.82, 2.24) is 9.80 Å². The van der Waals surface area contributed by atoms with Gasteiger partial charge in [0.25, 0.3) is 5.91 Å². The normalized spacial score (nSPS) is 15.9. The molecule has 0 saturated carbocycles. The number of rotatable bonds is 4. The molecule has 7 heteroatoms. The average Bonchev–Trinajstić information content (AvgIpc) is 2.87. The third kappa shape index (κ3) is 4.56. The Morgan fingerprint density at radius 1 is 1.00 bits per heavy atom. The summed E-state index contributed by atoms with van der Waals surface area (Å²) in [6.07, 6.45) is -2.50. The third-order valence-corrected chi connectivity index (χ3v) is 4.89. The Kier molecular flexibility index (Phi) is 6.67. The van der Waals surface area contributed by atoms with E-state index in [0.717, 1.165) is 18.9 Å². The Bertz CT molecular complexity index is 642. The Hall–Kier alpha value is -2.05. The van der Waals surface area contributed by atoms with E-state index in [-0.39, 0.29) is 23.9 Å². The van der Waals surface area contributed by atoms with Gasteiger partial charge in [-0.3, -0.25) is 9.59 Å². The molecule has 0 N–H and O–H groups in total. The summed E-state index contributed by atoms with van der Waals surface area (Å²) in [5, 5.41) is 0. The van der Waals surface area contributed by atoms with E-state index in [4.69, 9.17) is 0 Å². The molecule has 0 aliphatic carbocycles. The fourth-order valence-corrected chi connectivity index (χ4v) is 3.32. The zero-order valence-electron chi connectivity index (χ0n) is 15.2. The Morgan fingerprint density at radius 3 is 2.19 bits per heavy atom. The fourth-order valence-electron chi connectivity index (χ4n) is 3.32. The molecule has 0 spiro atoms. The van der Waals surface area contributed by atoms with Gasteiger partial charge < -0.3 is 9.80 Å². The smallest absolute Gasteiger partial charge is 0.341 e. The molecule has 2 rings (SSSR count). The van der Waals surface area contributed by atoms with Crippen LogP contribution < -0.4 is 0 Å². The number of carbonyl (C=O) groups excluding carboxylic acids is 2. The molecule has 1 heterocycles. The molecule has 0 bridgehead atoms. The predicted octanol–water partition coefficient (Wildman–Crippen LogP) is 3.82. The number of amides is 2. The second-order valence-corrected chi connectivity index (χ2v) is 6.53. The number of carbonyl (C=O) groups is 2. The molecule has 1 saturated heterocycles. The lowest BCUT2D eigenvalue weighted by atomic mass is 10.0. The standard InChI is InChI=1S/C19H25F3N2O2/c1-3-14(4-2)17(25)23-10-7-11-24(13-12-23)18(26)15-8-5-6-9-16(15)19(20,21)22/h5-6,8-9,14H,3-4,7,10-13H2,1-2H3. The minimum Gasteiger partial charge on any atom is -0.341 e. The van der Waals surface area contributed by atoms with E-state index >= 15 is 0 Å². The molecule has 144 valence electrons.